The fraction of sp³-hybridized carbons (Fsp3) is 0.452. The Balaban J connectivity index is 1.28. The molecule has 0 unspecified atom stereocenters. The number of aliphatic hydroxyl groups is 1. The van der Waals surface area contributed by atoms with Gasteiger partial charge < -0.3 is 30.1 Å². The second-order valence-electron chi connectivity index (χ2n) is 10.6. The summed E-state index contributed by atoms with van der Waals surface area (Å²) in [7, 11) is 0. The lowest BCUT2D eigenvalue weighted by Gasteiger charge is -2.44. The molecular weight excluding hydrogens is 520 g/mol. The van der Waals surface area contributed by atoms with Gasteiger partial charge in [-0.3, -0.25) is 4.90 Å². The van der Waals surface area contributed by atoms with E-state index in [1.54, 1.807) is 12.4 Å². The number of amides is 2. The van der Waals surface area contributed by atoms with Gasteiger partial charge in [0, 0.05) is 69.7 Å². The number of piperazine rings is 1. The standard InChI is InChI=1S/C31H40N6O4/c1-3-32-31(39)35-19-23-5-11-26(12-6-23)29-40-27(22(2)28(41-29)25-9-7-24(21-38)8-10-25)20-36-15-17-37(18-16-36)30-33-13-4-14-34-30/h4-14,22,27-29,38H,3,15-21H2,1-2H3,(H2,32,35,39)/t22-,27+,28+,29+/m0/s1. The van der Waals surface area contributed by atoms with Gasteiger partial charge in [0.25, 0.3) is 0 Å². The summed E-state index contributed by atoms with van der Waals surface area (Å²) in [6, 6.07) is 17.7. The molecule has 2 fully saturated rings. The predicted octanol–water partition coefficient (Wildman–Crippen LogP) is 3.40. The average Bonchev–Trinajstić information content (AvgIpc) is 3.02. The summed E-state index contributed by atoms with van der Waals surface area (Å²) in [6.07, 6.45) is 2.83. The first-order valence-corrected chi connectivity index (χ1v) is 14.4. The number of nitrogens with one attached hydrogen (secondary N) is 2. The number of urea groups is 1. The molecule has 0 spiro atoms. The Bertz CT molecular complexity index is 1240. The number of hydrogen-bond donors (Lipinski definition) is 3. The summed E-state index contributed by atoms with van der Waals surface area (Å²) < 4.78 is 13.2. The van der Waals surface area contributed by atoms with Crippen molar-refractivity contribution in [2.45, 2.75) is 45.5 Å². The smallest absolute Gasteiger partial charge is 0.315 e. The monoisotopic (exact) mass is 560 g/mol. The molecule has 10 heteroatoms. The molecule has 3 heterocycles. The van der Waals surface area contributed by atoms with E-state index in [2.05, 4.69) is 37.3 Å². The average molecular weight is 561 g/mol. The van der Waals surface area contributed by atoms with Crippen molar-refractivity contribution in [2.24, 2.45) is 5.92 Å². The molecule has 3 aromatic rings. The van der Waals surface area contributed by atoms with Gasteiger partial charge in [0.05, 0.1) is 18.8 Å². The molecule has 0 bridgehead atoms. The van der Waals surface area contributed by atoms with Crippen LogP contribution in [0.2, 0.25) is 0 Å². The van der Waals surface area contributed by atoms with E-state index in [0.717, 1.165) is 60.9 Å². The molecule has 3 N–H and O–H groups in total. The normalized spacial score (nSPS) is 23.2. The van der Waals surface area contributed by atoms with E-state index < -0.39 is 6.29 Å². The van der Waals surface area contributed by atoms with Crippen LogP contribution < -0.4 is 15.5 Å². The molecule has 0 aliphatic carbocycles. The van der Waals surface area contributed by atoms with Crippen molar-refractivity contribution >= 4 is 12.0 Å². The number of carbonyl (C=O) groups is 1. The molecule has 4 atom stereocenters. The Morgan fingerprint density at radius 2 is 1.59 bits per heavy atom. The van der Waals surface area contributed by atoms with Crippen LogP contribution in [0.4, 0.5) is 10.7 Å². The molecule has 2 aliphatic heterocycles. The maximum absolute atomic E-state index is 11.8. The number of carbonyl (C=O) groups excluding carboxylic acids is 1. The van der Waals surface area contributed by atoms with E-state index in [1.807, 2.05) is 61.5 Å². The van der Waals surface area contributed by atoms with Gasteiger partial charge in [0.2, 0.25) is 5.95 Å². The number of hydrogen-bond acceptors (Lipinski definition) is 8. The molecule has 2 aromatic carbocycles. The SMILES string of the molecule is CCNC(=O)NCc1ccc([C@@H]2O[C@H](CN3CCN(c4ncccn4)CC3)[C@H](C)[C@H](c3ccc(CO)cc3)O2)cc1. The van der Waals surface area contributed by atoms with Gasteiger partial charge in [-0.25, -0.2) is 14.8 Å². The van der Waals surface area contributed by atoms with Crippen LogP contribution in [0.3, 0.4) is 0 Å². The Morgan fingerprint density at radius 3 is 2.24 bits per heavy atom. The number of rotatable bonds is 9. The maximum atomic E-state index is 11.8. The minimum atomic E-state index is -0.525. The Hall–Kier alpha value is -3.57. The van der Waals surface area contributed by atoms with E-state index >= 15 is 0 Å². The van der Waals surface area contributed by atoms with Crippen molar-refractivity contribution in [3.8, 4) is 0 Å². The second-order valence-corrected chi connectivity index (χ2v) is 10.6. The van der Waals surface area contributed by atoms with E-state index in [1.165, 1.54) is 0 Å². The molecule has 1 aromatic heterocycles. The molecule has 2 saturated heterocycles. The summed E-state index contributed by atoms with van der Waals surface area (Å²) >= 11 is 0. The lowest BCUT2D eigenvalue weighted by atomic mass is 9.90. The van der Waals surface area contributed by atoms with Gasteiger partial charge in [-0.2, -0.15) is 0 Å². The number of aromatic nitrogens is 2. The fourth-order valence-electron chi connectivity index (χ4n) is 5.37. The van der Waals surface area contributed by atoms with Crippen LogP contribution in [-0.2, 0) is 22.6 Å². The number of benzene rings is 2. The number of aliphatic hydroxyl groups excluding tert-OH is 1. The topological polar surface area (TPSA) is 112 Å². The fourth-order valence-corrected chi connectivity index (χ4v) is 5.37. The van der Waals surface area contributed by atoms with Crippen molar-refractivity contribution in [1.82, 2.24) is 25.5 Å². The molecule has 41 heavy (non-hydrogen) atoms. The lowest BCUT2D eigenvalue weighted by Crippen LogP contribution is -2.51. The van der Waals surface area contributed by atoms with Crippen molar-refractivity contribution in [1.29, 1.82) is 0 Å². The Morgan fingerprint density at radius 1 is 0.927 bits per heavy atom. The van der Waals surface area contributed by atoms with Gasteiger partial charge in [-0.1, -0.05) is 55.5 Å². The third kappa shape index (κ3) is 7.39. The van der Waals surface area contributed by atoms with Crippen LogP contribution in [0.15, 0.2) is 67.0 Å². The van der Waals surface area contributed by atoms with Gasteiger partial charge in [0.1, 0.15) is 0 Å². The summed E-state index contributed by atoms with van der Waals surface area (Å²) in [5, 5.41) is 15.1. The molecule has 218 valence electrons. The van der Waals surface area contributed by atoms with Crippen LogP contribution in [0, 0.1) is 5.92 Å². The van der Waals surface area contributed by atoms with Gasteiger partial charge in [0.15, 0.2) is 6.29 Å². The summed E-state index contributed by atoms with van der Waals surface area (Å²) in [4.78, 5) is 25.3. The molecule has 2 aliphatic rings. The minimum Gasteiger partial charge on any atom is -0.392 e. The van der Waals surface area contributed by atoms with Gasteiger partial charge >= 0.3 is 6.03 Å². The van der Waals surface area contributed by atoms with Crippen LogP contribution in [0.5, 0.6) is 0 Å². The third-order valence-electron chi connectivity index (χ3n) is 7.81. The highest BCUT2D eigenvalue weighted by molar-refractivity contribution is 5.73. The van der Waals surface area contributed by atoms with Crippen LogP contribution in [0.1, 0.15) is 48.5 Å². The molecule has 10 nitrogen and oxygen atoms in total. The van der Waals surface area contributed by atoms with Crippen molar-refractivity contribution < 1.29 is 19.4 Å². The molecule has 0 saturated carbocycles. The molecular formula is C31H40N6O4. The number of anilines is 1. The third-order valence-corrected chi connectivity index (χ3v) is 7.81. The maximum Gasteiger partial charge on any atom is 0.315 e. The largest absolute Gasteiger partial charge is 0.392 e. The Labute approximate surface area is 241 Å². The van der Waals surface area contributed by atoms with Crippen LogP contribution in [-0.4, -0.2) is 71.4 Å². The minimum absolute atomic E-state index is 0.0109. The second kappa shape index (κ2) is 13.9. The zero-order valence-corrected chi connectivity index (χ0v) is 23.8. The Kier molecular flexibility index (Phi) is 9.79. The molecule has 2 amide bonds. The van der Waals surface area contributed by atoms with E-state index in [9.17, 15) is 9.90 Å². The zero-order valence-electron chi connectivity index (χ0n) is 23.8. The van der Waals surface area contributed by atoms with E-state index in [4.69, 9.17) is 9.47 Å². The van der Waals surface area contributed by atoms with E-state index in [-0.39, 0.29) is 30.8 Å². The summed E-state index contributed by atoms with van der Waals surface area (Å²) in [5.41, 5.74) is 3.88. The first kappa shape index (κ1) is 28.9. The highest BCUT2D eigenvalue weighted by Crippen LogP contribution is 2.42. The molecule has 5 rings (SSSR count). The summed E-state index contributed by atoms with van der Waals surface area (Å²) in [5.74, 6) is 0.890. The van der Waals surface area contributed by atoms with Gasteiger partial charge in [-0.15, -0.1) is 0 Å². The zero-order chi connectivity index (χ0) is 28.6. The quantitative estimate of drug-likeness (QED) is 0.365. The van der Waals surface area contributed by atoms with Crippen molar-refractivity contribution in [3.05, 3.63) is 89.2 Å². The summed E-state index contributed by atoms with van der Waals surface area (Å²) in [6.45, 7) is 9.45. The molecule has 0 radical (unpaired) electrons. The first-order valence-electron chi connectivity index (χ1n) is 14.4. The lowest BCUT2D eigenvalue weighted by molar-refractivity contribution is -0.276. The highest BCUT2D eigenvalue weighted by Gasteiger charge is 2.39. The highest BCUT2D eigenvalue weighted by atomic mass is 16.7. The van der Waals surface area contributed by atoms with Crippen LogP contribution >= 0.6 is 0 Å². The van der Waals surface area contributed by atoms with Crippen molar-refractivity contribution in [2.75, 3.05) is 44.2 Å². The first-order chi connectivity index (χ1) is 20.0. The number of ether oxygens (including phenoxy) is 2. The van der Waals surface area contributed by atoms with Crippen LogP contribution in [0.25, 0.3) is 0 Å². The van der Waals surface area contributed by atoms with Gasteiger partial charge in [-0.05, 0) is 29.7 Å². The van der Waals surface area contributed by atoms with E-state index in [0.29, 0.717) is 13.1 Å². The number of nitrogens with zero attached hydrogens (tertiary/aromatic N) is 4. The van der Waals surface area contributed by atoms with Crippen molar-refractivity contribution in [3.63, 3.8) is 0 Å². The predicted molar refractivity (Wildman–Crippen MR) is 156 cm³/mol.